The summed E-state index contributed by atoms with van der Waals surface area (Å²) in [6.45, 7) is 0.351. The Balaban J connectivity index is 1.50. The molecule has 3 amide bonds. The predicted octanol–water partition coefficient (Wildman–Crippen LogP) is 2.80. The number of rotatable bonds is 9. The molecule has 3 N–H and O–H groups in total. The second-order valence-corrected chi connectivity index (χ2v) is 8.82. The molecule has 0 spiro atoms. The van der Waals surface area contributed by atoms with Crippen molar-refractivity contribution in [2.24, 2.45) is 5.73 Å². The molecule has 1 heterocycles. The lowest BCUT2D eigenvalue weighted by atomic mass is 9.72. The summed E-state index contributed by atoms with van der Waals surface area (Å²) in [5, 5.41) is 2.83. The maximum Gasteiger partial charge on any atom is 0.410 e. The Morgan fingerprint density at radius 2 is 1.50 bits per heavy atom. The number of ether oxygens (including phenoxy) is 2. The van der Waals surface area contributed by atoms with Crippen LogP contribution in [0, 0.1) is 0 Å². The third-order valence-electron chi connectivity index (χ3n) is 6.39. The second-order valence-electron chi connectivity index (χ2n) is 8.82. The average molecular weight is 488 g/mol. The van der Waals surface area contributed by atoms with Crippen LogP contribution in [-0.2, 0) is 32.8 Å². The first-order valence-corrected chi connectivity index (χ1v) is 11.7. The second kappa shape index (κ2) is 10.9. The van der Waals surface area contributed by atoms with E-state index in [4.69, 9.17) is 15.2 Å². The number of primary amides is 1. The topological polar surface area (TPSA) is 111 Å². The standard InChI is InChI=1S/C28H29N3O5/c1-35-23-14-12-22(13-15-23)28(18-31(19-28)27(34)36-17-21-10-6-3-7-11-21)26(33)30-24(25(29)32)16-20-8-4-2-5-9-20/h2-15,24H,16-19H2,1H3,(H2,29,32)(H,30,33)/t24-/m0/s1. The number of benzene rings is 3. The van der Waals surface area contributed by atoms with Gasteiger partial charge in [0, 0.05) is 19.5 Å². The molecule has 3 aromatic rings. The van der Waals surface area contributed by atoms with E-state index in [1.807, 2.05) is 60.7 Å². The van der Waals surface area contributed by atoms with Crippen LogP contribution in [0.3, 0.4) is 0 Å². The Morgan fingerprint density at radius 3 is 2.06 bits per heavy atom. The monoisotopic (exact) mass is 487 g/mol. The van der Waals surface area contributed by atoms with E-state index in [2.05, 4.69) is 5.32 Å². The highest BCUT2D eigenvalue weighted by Crippen LogP contribution is 2.36. The van der Waals surface area contributed by atoms with Gasteiger partial charge in [-0.3, -0.25) is 9.59 Å². The first kappa shape index (κ1) is 24.8. The zero-order chi connectivity index (χ0) is 25.5. The number of amides is 3. The summed E-state index contributed by atoms with van der Waals surface area (Å²) in [5.41, 5.74) is 7.03. The molecule has 0 unspecified atom stereocenters. The van der Waals surface area contributed by atoms with Crippen molar-refractivity contribution in [3.8, 4) is 5.75 Å². The number of likely N-dealkylation sites (tertiary alicyclic amines) is 1. The molecule has 1 aliphatic rings. The predicted molar refractivity (Wildman–Crippen MR) is 134 cm³/mol. The minimum atomic E-state index is -1.05. The van der Waals surface area contributed by atoms with Crippen LogP contribution in [0.4, 0.5) is 4.79 Å². The number of methoxy groups -OCH3 is 1. The van der Waals surface area contributed by atoms with Crippen LogP contribution in [0.15, 0.2) is 84.9 Å². The molecule has 36 heavy (non-hydrogen) atoms. The first-order valence-electron chi connectivity index (χ1n) is 11.7. The number of carbonyl (C=O) groups excluding carboxylic acids is 3. The van der Waals surface area contributed by atoms with E-state index in [1.54, 1.807) is 31.4 Å². The number of nitrogens with one attached hydrogen (secondary N) is 1. The Kier molecular flexibility index (Phi) is 7.53. The number of hydrogen-bond donors (Lipinski definition) is 2. The molecular formula is C28H29N3O5. The van der Waals surface area contributed by atoms with Crippen molar-refractivity contribution in [1.29, 1.82) is 0 Å². The van der Waals surface area contributed by atoms with Gasteiger partial charge in [-0.15, -0.1) is 0 Å². The lowest BCUT2D eigenvalue weighted by Gasteiger charge is -2.48. The lowest BCUT2D eigenvalue weighted by molar-refractivity contribution is -0.136. The van der Waals surface area contributed by atoms with Gasteiger partial charge in [-0.1, -0.05) is 72.8 Å². The van der Waals surface area contributed by atoms with Crippen molar-refractivity contribution < 1.29 is 23.9 Å². The van der Waals surface area contributed by atoms with Gasteiger partial charge in [0.25, 0.3) is 0 Å². The highest BCUT2D eigenvalue weighted by Gasteiger charge is 2.53. The van der Waals surface area contributed by atoms with Crippen LogP contribution in [-0.4, -0.2) is 49.0 Å². The number of hydrogen-bond acceptors (Lipinski definition) is 5. The molecule has 1 atom stereocenters. The van der Waals surface area contributed by atoms with Gasteiger partial charge in [-0.05, 0) is 28.8 Å². The Labute approximate surface area is 210 Å². The molecule has 1 saturated heterocycles. The van der Waals surface area contributed by atoms with Crippen molar-refractivity contribution >= 4 is 17.9 Å². The Hall–Kier alpha value is -4.33. The molecule has 8 heteroatoms. The fourth-order valence-electron chi connectivity index (χ4n) is 4.28. The largest absolute Gasteiger partial charge is 0.497 e. The van der Waals surface area contributed by atoms with Gasteiger partial charge in [-0.2, -0.15) is 0 Å². The van der Waals surface area contributed by atoms with Crippen molar-refractivity contribution in [2.45, 2.75) is 24.5 Å². The maximum absolute atomic E-state index is 13.6. The van der Waals surface area contributed by atoms with E-state index in [0.29, 0.717) is 11.3 Å². The Bertz CT molecular complexity index is 1190. The number of carbonyl (C=O) groups is 3. The van der Waals surface area contributed by atoms with Crippen LogP contribution < -0.4 is 15.8 Å². The molecule has 0 aromatic heterocycles. The third-order valence-corrected chi connectivity index (χ3v) is 6.39. The summed E-state index contributed by atoms with van der Waals surface area (Å²) in [7, 11) is 1.56. The minimum Gasteiger partial charge on any atom is -0.497 e. The molecular weight excluding hydrogens is 458 g/mol. The molecule has 0 bridgehead atoms. The van der Waals surface area contributed by atoms with Gasteiger partial charge in [0.15, 0.2) is 0 Å². The molecule has 1 fully saturated rings. The summed E-state index contributed by atoms with van der Waals surface area (Å²) in [5.74, 6) is -0.359. The molecule has 0 saturated carbocycles. The molecule has 1 aliphatic heterocycles. The average Bonchev–Trinajstić information content (AvgIpc) is 2.88. The number of nitrogens with two attached hydrogens (primary N) is 1. The van der Waals surface area contributed by atoms with Crippen LogP contribution in [0.1, 0.15) is 16.7 Å². The first-order chi connectivity index (χ1) is 17.4. The molecule has 3 aromatic carbocycles. The van der Waals surface area contributed by atoms with Gasteiger partial charge in [0.1, 0.15) is 23.8 Å². The van der Waals surface area contributed by atoms with Crippen LogP contribution in [0.25, 0.3) is 0 Å². The van der Waals surface area contributed by atoms with Crippen molar-refractivity contribution in [1.82, 2.24) is 10.2 Å². The minimum absolute atomic E-state index is 0.107. The summed E-state index contributed by atoms with van der Waals surface area (Å²) >= 11 is 0. The molecule has 4 rings (SSSR count). The smallest absolute Gasteiger partial charge is 0.410 e. The molecule has 0 radical (unpaired) electrons. The van der Waals surface area contributed by atoms with E-state index in [1.165, 1.54) is 4.90 Å². The SMILES string of the molecule is COc1ccc(C2(C(=O)N[C@@H](Cc3ccccc3)C(N)=O)CN(C(=O)OCc3ccccc3)C2)cc1. The van der Waals surface area contributed by atoms with E-state index >= 15 is 0 Å². The summed E-state index contributed by atoms with van der Waals surface area (Å²) in [4.78, 5) is 40.0. The van der Waals surface area contributed by atoms with E-state index < -0.39 is 23.5 Å². The van der Waals surface area contributed by atoms with Gasteiger partial charge in [0.05, 0.1) is 7.11 Å². The van der Waals surface area contributed by atoms with Crippen LogP contribution in [0.5, 0.6) is 5.75 Å². The highest BCUT2D eigenvalue weighted by atomic mass is 16.6. The van der Waals surface area contributed by atoms with Gasteiger partial charge >= 0.3 is 6.09 Å². The van der Waals surface area contributed by atoms with Gasteiger partial charge in [0.2, 0.25) is 11.8 Å². The zero-order valence-electron chi connectivity index (χ0n) is 20.1. The quantitative estimate of drug-likeness (QED) is 0.482. The molecule has 8 nitrogen and oxygen atoms in total. The Morgan fingerprint density at radius 1 is 0.917 bits per heavy atom. The third kappa shape index (κ3) is 5.49. The van der Waals surface area contributed by atoms with E-state index in [9.17, 15) is 14.4 Å². The normalized spacial score (nSPS) is 14.8. The summed E-state index contributed by atoms with van der Waals surface area (Å²) in [6.07, 6.45) is -0.241. The highest BCUT2D eigenvalue weighted by molar-refractivity contribution is 5.95. The number of nitrogens with zero attached hydrogens (tertiary/aromatic N) is 1. The summed E-state index contributed by atoms with van der Waals surface area (Å²) < 4.78 is 10.7. The van der Waals surface area contributed by atoms with Crippen LogP contribution in [0.2, 0.25) is 0 Å². The molecule has 186 valence electrons. The van der Waals surface area contributed by atoms with Crippen molar-refractivity contribution in [3.05, 3.63) is 102 Å². The van der Waals surface area contributed by atoms with Crippen molar-refractivity contribution in [3.63, 3.8) is 0 Å². The fraction of sp³-hybridized carbons (Fsp3) is 0.250. The fourth-order valence-corrected chi connectivity index (χ4v) is 4.28. The maximum atomic E-state index is 13.6. The summed E-state index contributed by atoms with van der Waals surface area (Å²) in [6, 6.07) is 24.9. The van der Waals surface area contributed by atoms with E-state index in [0.717, 1.165) is 11.1 Å². The van der Waals surface area contributed by atoms with Gasteiger partial charge < -0.3 is 25.4 Å². The van der Waals surface area contributed by atoms with Gasteiger partial charge in [-0.25, -0.2) is 4.79 Å². The van der Waals surface area contributed by atoms with Crippen molar-refractivity contribution in [2.75, 3.05) is 20.2 Å². The van der Waals surface area contributed by atoms with E-state index in [-0.39, 0.29) is 32.0 Å². The lowest BCUT2D eigenvalue weighted by Crippen LogP contribution is -2.69. The van der Waals surface area contributed by atoms with Crippen LogP contribution >= 0.6 is 0 Å². The zero-order valence-corrected chi connectivity index (χ0v) is 20.1. The molecule has 0 aliphatic carbocycles.